The van der Waals surface area contributed by atoms with E-state index in [0.717, 1.165) is 50.2 Å². The third kappa shape index (κ3) is 5.06. The van der Waals surface area contributed by atoms with Crippen molar-refractivity contribution in [2.75, 3.05) is 31.5 Å². The molecule has 162 valence electrons. The first-order chi connectivity index (χ1) is 14.3. The standard InChI is InChI=1S/C22H28FN3O3S/c1-3-25(4-2)16-17-8-7-9-19(14-17)24-22(27)18-10-11-20(23)21(15-18)30(28,29)26-12-5-6-13-26/h7-11,14-15H,3-6,12-13,16H2,1-2H3,(H,24,27). The predicted molar refractivity (Wildman–Crippen MR) is 115 cm³/mol. The molecule has 3 rings (SSSR count). The van der Waals surface area contributed by atoms with Gasteiger partial charge in [0, 0.05) is 30.9 Å². The van der Waals surface area contributed by atoms with Crippen LogP contribution < -0.4 is 5.32 Å². The first-order valence-electron chi connectivity index (χ1n) is 10.3. The monoisotopic (exact) mass is 433 g/mol. The minimum atomic E-state index is -3.95. The highest BCUT2D eigenvalue weighted by Gasteiger charge is 2.30. The van der Waals surface area contributed by atoms with Crippen LogP contribution in [0.4, 0.5) is 10.1 Å². The quantitative estimate of drug-likeness (QED) is 0.689. The van der Waals surface area contributed by atoms with E-state index >= 15 is 0 Å². The molecule has 0 radical (unpaired) electrons. The first-order valence-corrected chi connectivity index (χ1v) is 11.7. The molecule has 1 amide bonds. The Kier molecular flexibility index (Phi) is 7.23. The summed E-state index contributed by atoms with van der Waals surface area (Å²) < 4.78 is 41.1. The van der Waals surface area contributed by atoms with Gasteiger partial charge >= 0.3 is 0 Å². The maximum Gasteiger partial charge on any atom is 0.255 e. The van der Waals surface area contributed by atoms with E-state index < -0.39 is 26.6 Å². The van der Waals surface area contributed by atoms with Crippen LogP contribution in [0.3, 0.4) is 0 Å². The lowest BCUT2D eigenvalue weighted by Crippen LogP contribution is -2.29. The van der Waals surface area contributed by atoms with Crippen LogP contribution in [-0.4, -0.2) is 49.7 Å². The second kappa shape index (κ2) is 9.68. The highest BCUT2D eigenvalue weighted by Crippen LogP contribution is 2.24. The molecule has 1 N–H and O–H groups in total. The number of nitrogens with one attached hydrogen (secondary N) is 1. The molecule has 30 heavy (non-hydrogen) atoms. The Bertz CT molecular complexity index is 1000. The third-order valence-electron chi connectivity index (χ3n) is 5.36. The van der Waals surface area contributed by atoms with Crippen LogP contribution in [-0.2, 0) is 16.6 Å². The molecular weight excluding hydrogens is 405 g/mol. The molecule has 2 aromatic rings. The van der Waals surface area contributed by atoms with E-state index in [4.69, 9.17) is 0 Å². The maximum absolute atomic E-state index is 14.3. The van der Waals surface area contributed by atoms with E-state index in [9.17, 15) is 17.6 Å². The van der Waals surface area contributed by atoms with E-state index in [2.05, 4.69) is 24.1 Å². The fraction of sp³-hybridized carbons (Fsp3) is 0.409. The molecule has 0 spiro atoms. The number of carbonyl (C=O) groups is 1. The topological polar surface area (TPSA) is 69.7 Å². The Hall–Kier alpha value is -2.29. The molecule has 6 nitrogen and oxygen atoms in total. The second-order valence-electron chi connectivity index (χ2n) is 7.37. The van der Waals surface area contributed by atoms with Crippen molar-refractivity contribution in [3.05, 3.63) is 59.4 Å². The highest BCUT2D eigenvalue weighted by atomic mass is 32.2. The summed E-state index contributed by atoms with van der Waals surface area (Å²) in [6.07, 6.45) is 1.51. The first kappa shape index (κ1) is 22.4. The zero-order chi connectivity index (χ0) is 21.7. The molecule has 1 heterocycles. The largest absolute Gasteiger partial charge is 0.322 e. The van der Waals surface area contributed by atoms with Gasteiger partial charge < -0.3 is 5.32 Å². The lowest BCUT2D eigenvalue weighted by atomic mass is 10.1. The molecule has 2 aromatic carbocycles. The molecule has 1 aliphatic rings. The summed E-state index contributed by atoms with van der Waals surface area (Å²) >= 11 is 0. The summed E-state index contributed by atoms with van der Waals surface area (Å²) in [5.41, 5.74) is 1.77. The fourth-order valence-electron chi connectivity index (χ4n) is 3.57. The van der Waals surface area contributed by atoms with Gasteiger partial charge in [-0.15, -0.1) is 0 Å². The van der Waals surface area contributed by atoms with E-state index in [1.54, 1.807) is 6.07 Å². The van der Waals surface area contributed by atoms with Crippen LogP contribution in [0.15, 0.2) is 47.4 Å². The van der Waals surface area contributed by atoms with E-state index in [1.807, 2.05) is 18.2 Å². The Balaban J connectivity index is 1.79. The fourth-order valence-corrected chi connectivity index (χ4v) is 5.17. The van der Waals surface area contributed by atoms with E-state index in [-0.39, 0.29) is 5.56 Å². The van der Waals surface area contributed by atoms with Crippen molar-refractivity contribution in [3.8, 4) is 0 Å². The number of carbonyl (C=O) groups excluding carboxylic acids is 1. The van der Waals surface area contributed by atoms with Crippen molar-refractivity contribution in [1.82, 2.24) is 9.21 Å². The van der Waals surface area contributed by atoms with Crippen LogP contribution in [0.2, 0.25) is 0 Å². The van der Waals surface area contributed by atoms with Crippen LogP contribution in [0.25, 0.3) is 0 Å². The molecule has 0 saturated carbocycles. The number of anilines is 1. The molecular formula is C22H28FN3O3S. The molecule has 0 aliphatic carbocycles. The number of rotatable bonds is 8. The Morgan fingerprint density at radius 2 is 1.80 bits per heavy atom. The lowest BCUT2D eigenvalue weighted by Gasteiger charge is -2.18. The summed E-state index contributed by atoms with van der Waals surface area (Å²) in [7, 11) is -3.95. The normalized spacial score (nSPS) is 14.9. The van der Waals surface area contributed by atoms with Gasteiger partial charge in [-0.3, -0.25) is 9.69 Å². The number of amides is 1. The van der Waals surface area contributed by atoms with Crippen molar-refractivity contribution in [2.24, 2.45) is 0 Å². The van der Waals surface area contributed by atoms with Crippen molar-refractivity contribution in [3.63, 3.8) is 0 Å². The lowest BCUT2D eigenvalue weighted by molar-refractivity contribution is 0.102. The van der Waals surface area contributed by atoms with Crippen LogP contribution in [0.1, 0.15) is 42.6 Å². The van der Waals surface area contributed by atoms with Gasteiger partial charge in [-0.25, -0.2) is 12.8 Å². The molecule has 1 aliphatic heterocycles. The van der Waals surface area contributed by atoms with Gasteiger partial charge in [0.2, 0.25) is 10.0 Å². The Morgan fingerprint density at radius 3 is 2.47 bits per heavy atom. The second-order valence-corrected chi connectivity index (χ2v) is 9.28. The number of benzene rings is 2. The molecule has 1 fully saturated rings. The molecule has 0 bridgehead atoms. The average Bonchev–Trinajstić information content (AvgIpc) is 3.28. The Morgan fingerprint density at radius 1 is 1.10 bits per heavy atom. The molecule has 0 aromatic heterocycles. The molecule has 0 unspecified atom stereocenters. The maximum atomic E-state index is 14.3. The van der Waals surface area contributed by atoms with Crippen LogP contribution in [0.5, 0.6) is 0 Å². The zero-order valence-corrected chi connectivity index (χ0v) is 18.2. The number of sulfonamides is 1. The molecule has 8 heteroatoms. The van der Waals surface area contributed by atoms with Gasteiger partial charge in [0.15, 0.2) is 0 Å². The highest BCUT2D eigenvalue weighted by molar-refractivity contribution is 7.89. The summed E-state index contributed by atoms with van der Waals surface area (Å²) in [6, 6.07) is 11.0. The van der Waals surface area contributed by atoms with E-state index in [0.29, 0.717) is 18.8 Å². The summed E-state index contributed by atoms with van der Waals surface area (Å²) in [5, 5.41) is 2.79. The predicted octanol–water partition coefficient (Wildman–Crippen LogP) is 3.70. The van der Waals surface area contributed by atoms with Crippen LogP contribution in [0, 0.1) is 5.82 Å². The van der Waals surface area contributed by atoms with Gasteiger partial charge in [0.25, 0.3) is 5.91 Å². The summed E-state index contributed by atoms with van der Waals surface area (Å²) in [5.74, 6) is -1.33. The minimum absolute atomic E-state index is 0.100. The van der Waals surface area contributed by atoms with Gasteiger partial charge in [-0.1, -0.05) is 26.0 Å². The van der Waals surface area contributed by atoms with Gasteiger partial charge in [0.1, 0.15) is 10.7 Å². The van der Waals surface area contributed by atoms with Gasteiger partial charge in [-0.2, -0.15) is 4.31 Å². The van der Waals surface area contributed by atoms with E-state index in [1.165, 1.54) is 10.4 Å². The van der Waals surface area contributed by atoms with Crippen molar-refractivity contribution in [1.29, 1.82) is 0 Å². The number of hydrogen-bond donors (Lipinski definition) is 1. The number of nitrogens with zero attached hydrogens (tertiary/aromatic N) is 2. The molecule has 0 atom stereocenters. The summed E-state index contributed by atoms with van der Waals surface area (Å²) in [6.45, 7) is 7.56. The smallest absolute Gasteiger partial charge is 0.255 e. The van der Waals surface area contributed by atoms with Gasteiger partial charge in [-0.05, 0) is 61.8 Å². The van der Waals surface area contributed by atoms with Crippen molar-refractivity contribution < 1.29 is 17.6 Å². The Labute approximate surface area is 177 Å². The molecule has 1 saturated heterocycles. The van der Waals surface area contributed by atoms with Gasteiger partial charge in [0.05, 0.1) is 0 Å². The SMILES string of the molecule is CCN(CC)Cc1cccc(NC(=O)c2ccc(F)c(S(=O)(=O)N3CCCC3)c2)c1. The number of hydrogen-bond acceptors (Lipinski definition) is 4. The average molecular weight is 434 g/mol. The third-order valence-corrected chi connectivity index (χ3v) is 7.28. The van der Waals surface area contributed by atoms with Crippen molar-refractivity contribution in [2.45, 2.75) is 38.1 Å². The minimum Gasteiger partial charge on any atom is -0.322 e. The van der Waals surface area contributed by atoms with Crippen LogP contribution >= 0.6 is 0 Å². The number of halogens is 1. The zero-order valence-electron chi connectivity index (χ0n) is 17.4. The summed E-state index contributed by atoms with van der Waals surface area (Å²) in [4.78, 5) is 14.5. The van der Waals surface area contributed by atoms with Crippen molar-refractivity contribution >= 4 is 21.6 Å².